The quantitative estimate of drug-likeness (QED) is 0.554. The zero-order chi connectivity index (χ0) is 20.1. The topological polar surface area (TPSA) is 93.1 Å². The molecule has 0 heterocycles. The van der Waals surface area contributed by atoms with Gasteiger partial charge in [-0.3, -0.25) is 0 Å². The SMILES string of the molecule is CCCCOC(=O)c1ccc(O)cc1.CCCOC(=O)c1ccccc1O. The predicted molar refractivity (Wildman–Crippen MR) is 102 cm³/mol. The second-order valence-electron chi connectivity index (χ2n) is 5.69. The van der Waals surface area contributed by atoms with Crippen molar-refractivity contribution in [3.05, 3.63) is 59.7 Å². The minimum absolute atomic E-state index is 0.0383. The molecule has 0 spiro atoms. The number of hydrogen-bond donors (Lipinski definition) is 2. The molecule has 0 saturated carbocycles. The van der Waals surface area contributed by atoms with E-state index in [-0.39, 0.29) is 23.0 Å². The van der Waals surface area contributed by atoms with E-state index in [2.05, 4.69) is 0 Å². The van der Waals surface area contributed by atoms with E-state index < -0.39 is 5.97 Å². The largest absolute Gasteiger partial charge is 0.508 e. The van der Waals surface area contributed by atoms with Crippen molar-refractivity contribution in [2.45, 2.75) is 33.1 Å². The van der Waals surface area contributed by atoms with Crippen molar-refractivity contribution < 1.29 is 29.3 Å². The molecule has 0 amide bonds. The maximum absolute atomic E-state index is 11.3. The third kappa shape index (κ3) is 8.27. The first-order valence-electron chi connectivity index (χ1n) is 8.90. The van der Waals surface area contributed by atoms with E-state index in [4.69, 9.17) is 14.6 Å². The molecule has 0 aromatic heterocycles. The fourth-order valence-electron chi connectivity index (χ4n) is 1.91. The van der Waals surface area contributed by atoms with Gasteiger partial charge in [-0.15, -0.1) is 0 Å². The van der Waals surface area contributed by atoms with Gasteiger partial charge in [0.05, 0.1) is 18.8 Å². The number of aromatic hydroxyl groups is 2. The van der Waals surface area contributed by atoms with Crippen molar-refractivity contribution in [1.29, 1.82) is 0 Å². The highest BCUT2D eigenvalue weighted by atomic mass is 16.5. The normalized spacial score (nSPS) is 9.70. The van der Waals surface area contributed by atoms with Gasteiger partial charge < -0.3 is 19.7 Å². The van der Waals surface area contributed by atoms with Gasteiger partial charge in [0, 0.05) is 0 Å². The fraction of sp³-hybridized carbons (Fsp3) is 0.333. The van der Waals surface area contributed by atoms with Crippen LogP contribution >= 0.6 is 0 Å². The summed E-state index contributed by atoms with van der Waals surface area (Å²) in [7, 11) is 0. The van der Waals surface area contributed by atoms with Gasteiger partial charge in [0.2, 0.25) is 0 Å². The second kappa shape index (κ2) is 12.4. The number of ether oxygens (including phenoxy) is 2. The molecule has 0 aliphatic rings. The van der Waals surface area contributed by atoms with Crippen LogP contribution < -0.4 is 0 Å². The van der Waals surface area contributed by atoms with E-state index in [9.17, 15) is 14.7 Å². The number of phenolic OH excluding ortho intramolecular Hbond substituents is 2. The molecule has 2 aromatic carbocycles. The van der Waals surface area contributed by atoms with Crippen LogP contribution in [0.3, 0.4) is 0 Å². The first kappa shape index (κ1) is 22.0. The van der Waals surface area contributed by atoms with Crippen LogP contribution in [0.15, 0.2) is 48.5 Å². The Morgan fingerprint density at radius 1 is 0.815 bits per heavy atom. The Kier molecular flexibility index (Phi) is 10.1. The van der Waals surface area contributed by atoms with E-state index in [0.29, 0.717) is 18.8 Å². The average molecular weight is 374 g/mol. The number of para-hydroxylation sites is 1. The summed E-state index contributed by atoms with van der Waals surface area (Å²) in [5.74, 6) is -0.697. The van der Waals surface area contributed by atoms with Gasteiger partial charge in [-0.05, 0) is 49.2 Å². The summed E-state index contributed by atoms with van der Waals surface area (Å²) in [5, 5.41) is 18.3. The molecule has 27 heavy (non-hydrogen) atoms. The lowest BCUT2D eigenvalue weighted by molar-refractivity contribution is 0.0491. The van der Waals surface area contributed by atoms with Crippen LogP contribution in [0.5, 0.6) is 11.5 Å². The lowest BCUT2D eigenvalue weighted by Crippen LogP contribution is -2.05. The second-order valence-corrected chi connectivity index (χ2v) is 5.69. The van der Waals surface area contributed by atoms with Gasteiger partial charge in [-0.1, -0.05) is 32.4 Å². The smallest absolute Gasteiger partial charge is 0.341 e. The number of benzene rings is 2. The van der Waals surface area contributed by atoms with Crippen molar-refractivity contribution in [3.63, 3.8) is 0 Å². The van der Waals surface area contributed by atoms with Crippen molar-refractivity contribution in [1.82, 2.24) is 0 Å². The molecule has 2 aromatic rings. The summed E-state index contributed by atoms with van der Waals surface area (Å²) < 4.78 is 9.85. The minimum atomic E-state index is -0.472. The van der Waals surface area contributed by atoms with Gasteiger partial charge in [0.1, 0.15) is 17.1 Å². The van der Waals surface area contributed by atoms with E-state index in [0.717, 1.165) is 19.3 Å². The summed E-state index contributed by atoms with van der Waals surface area (Å²) >= 11 is 0. The fourth-order valence-corrected chi connectivity index (χ4v) is 1.91. The number of esters is 2. The van der Waals surface area contributed by atoms with Crippen molar-refractivity contribution >= 4 is 11.9 Å². The third-order valence-corrected chi connectivity index (χ3v) is 3.40. The Morgan fingerprint density at radius 2 is 1.44 bits per heavy atom. The summed E-state index contributed by atoms with van der Waals surface area (Å²) in [6.07, 6.45) is 2.66. The Balaban J connectivity index is 0.000000271. The minimum Gasteiger partial charge on any atom is -0.508 e. The average Bonchev–Trinajstić information content (AvgIpc) is 2.67. The molecule has 2 rings (SSSR count). The zero-order valence-electron chi connectivity index (χ0n) is 15.7. The van der Waals surface area contributed by atoms with Crippen LogP contribution in [0.4, 0.5) is 0 Å². The molecule has 6 heteroatoms. The summed E-state index contributed by atoms with van der Waals surface area (Å²) in [6, 6.07) is 12.4. The van der Waals surface area contributed by atoms with Gasteiger partial charge in [-0.2, -0.15) is 0 Å². The summed E-state index contributed by atoms with van der Waals surface area (Å²) in [6.45, 7) is 4.79. The molecule has 0 fully saturated rings. The molecule has 0 radical (unpaired) electrons. The molecule has 0 bridgehead atoms. The van der Waals surface area contributed by atoms with Gasteiger partial charge in [0.15, 0.2) is 0 Å². The van der Waals surface area contributed by atoms with E-state index in [1.165, 1.54) is 24.3 Å². The summed E-state index contributed by atoms with van der Waals surface area (Å²) in [5.41, 5.74) is 0.690. The van der Waals surface area contributed by atoms with E-state index >= 15 is 0 Å². The van der Waals surface area contributed by atoms with Crippen molar-refractivity contribution in [2.24, 2.45) is 0 Å². The van der Waals surface area contributed by atoms with Gasteiger partial charge >= 0.3 is 11.9 Å². The first-order valence-corrected chi connectivity index (χ1v) is 8.90. The third-order valence-electron chi connectivity index (χ3n) is 3.40. The molecule has 0 saturated heterocycles. The lowest BCUT2D eigenvalue weighted by Gasteiger charge is -2.03. The van der Waals surface area contributed by atoms with Crippen LogP contribution in [0.1, 0.15) is 53.8 Å². The van der Waals surface area contributed by atoms with Crippen LogP contribution in [0.2, 0.25) is 0 Å². The molecule has 0 unspecified atom stereocenters. The molecule has 146 valence electrons. The molecule has 6 nitrogen and oxygen atoms in total. The standard InChI is InChI=1S/C11H14O3.C10H12O3/c1-2-3-8-14-11(13)9-4-6-10(12)7-5-9;1-2-7-13-10(12)8-5-3-4-6-9(8)11/h4-7,12H,2-3,8H2,1H3;3-6,11H,2,7H2,1H3. The number of phenols is 2. The molecule has 0 aliphatic heterocycles. The Bertz CT molecular complexity index is 709. The van der Waals surface area contributed by atoms with E-state index in [1.54, 1.807) is 24.3 Å². The van der Waals surface area contributed by atoms with E-state index in [1.807, 2.05) is 13.8 Å². The maximum Gasteiger partial charge on any atom is 0.341 e. The van der Waals surface area contributed by atoms with Crippen LogP contribution in [0, 0.1) is 0 Å². The first-order chi connectivity index (χ1) is 13.0. The highest BCUT2D eigenvalue weighted by molar-refractivity contribution is 5.92. The molecular weight excluding hydrogens is 348 g/mol. The van der Waals surface area contributed by atoms with Crippen LogP contribution in [-0.4, -0.2) is 35.4 Å². The Labute approximate surface area is 159 Å². The zero-order valence-corrected chi connectivity index (χ0v) is 15.7. The number of unbranched alkanes of at least 4 members (excludes halogenated alkanes) is 1. The molecule has 0 atom stereocenters. The molecular formula is C21H26O6. The molecule has 2 N–H and O–H groups in total. The summed E-state index contributed by atoms with van der Waals surface area (Å²) in [4.78, 5) is 22.6. The number of rotatable bonds is 7. The highest BCUT2D eigenvalue weighted by Crippen LogP contribution is 2.16. The predicted octanol–water partition coefficient (Wildman–Crippen LogP) is 4.31. The maximum atomic E-state index is 11.3. The Morgan fingerprint density at radius 3 is 2.04 bits per heavy atom. The number of carbonyl (C=O) groups is 2. The number of carbonyl (C=O) groups excluding carboxylic acids is 2. The van der Waals surface area contributed by atoms with Crippen molar-refractivity contribution in [2.75, 3.05) is 13.2 Å². The molecule has 0 aliphatic carbocycles. The Hall–Kier alpha value is -3.02. The van der Waals surface area contributed by atoms with Gasteiger partial charge in [0.25, 0.3) is 0 Å². The number of hydrogen-bond acceptors (Lipinski definition) is 6. The monoisotopic (exact) mass is 374 g/mol. The van der Waals surface area contributed by atoms with Gasteiger partial charge in [-0.25, -0.2) is 9.59 Å². The van der Waals surface area contributed by atoms with Crippen molar-refractivity contribution in [3.8, 4) is 11.5 Å². The lowest BCUT2D eigenvalue weighted by atomic mass is 10.2. The highest BCUT2D eigenvalue weighted by Gasteiger charge is 2.10. The van der Waals surface area contributed by atoms with Crippen LogP contribution in [-0.2, 0) is 9.47 Å². The van der Waals surface area contributed by atoms with Crippen LogP contribution in [0.25, 0.3) is 0 Å².